The summed E-state index contributed by atoms with van der Waals surface area (Å²) in [6, 6.07) is 11.7. The number of carbonyl (C=O) groups excluding carboxylic acids is 3. The molecule has 1 heterocycles. The lowest BCUT2D eigenvalue weighted by atomic mass is 10.1. The molecule has 0 atom stereocenters. The predicted octanol–water partition coefficient (Wildman–Crippen LogP) is 2.12. The maximum Gasteiger partial charge on any atom is 0.300 e. The highest BCUT2D eigenvalue weighted by atomic mass is 16.5. The Morgan fingerprint density at radius 1 is 1.04 bits per heavy atom. The summed E-state index contributed by atoms with van der Waals surface area (Å²) in [7, 11) is 2.88. The number of ether oxygens (including phenoxy) is 2. The minimum atomic E-state index is -0.749. The van der Waals surface area contributed by atoms with Gasteiger partial charge in [-0.15, -0.1) is 0 Å². The molecule has 0 saturated carbocycles. The van der Waals surface area contributed by atoms with Crippen molar-refractivity contribution in [1.29, 1.82) is 0 Å². The number of benzene rings is 2. The van der Waals surface area contributed by atoms with Crippen LogP contribution >= 0.6 is 0 Å². The van der Waals surface area contributed by atoms with E-state index in [0.29, 0.717) is 17.0 Å². The fraction of sp³-hybridized carbons (Fsp3) is 0.167. The van der Waals surface area contributed by atoms with E-state index in [1.807, 2.05) is 0 Å². The Balaban J connectivity index is 2.01. The highest BCUT2D eigenvalue weighted by molar-refractivity contribution is 6.53. The lowest BCUT2D eigenvalue weighted by molar-refractivity contribution is -0.114. The molecule has 0 bridgehead atoms. The summed E-state index contributed by atoms with van der Waals surface area (Å²) < 4.78 is 10.4. The van der Waals surface area contributed by atoms with E-state index in [1.165, 1.54) is 20.3 Å². The van der Waals surface area contributed by atoms with Gasteiger partial charge in [0.05, 0.1) is 32.0 Å². The molecule has 24 heavy (non-hydrogen) atoms. The summed E-state index contributed by atoms with van der Waals surface area (Å²) in [5, 5.41) is 0. The van der Waals surface area contributed by atoms with Crippen LogP contribution in [0.2, 0.25) is 0 Å². The first-order chi connectivity index (χ1) is 11.6. The second-order valence-corrected chi connectivity index (χ2v) is 5.23. The van der Waals surface area contributed by atoms with Crippen LogP contribution in [-0.2, 0) is 4.79 Å². The average molecular weight is 325 g/mol. The molecular formula is C18H15NO5. The van der Waals surface area contributed by atoms with Crippen molar-refractivity contribution >= 4 is 23.2 Å². The smallest absolute Gasteiger partial charge is 0.300 e. The van der Waals surface area contributed by atoms with Gasteiger partial charge in [-0.05, 0) is 0 Å². The van der Waals surface area contributed by atoms with E-state index in [2.05, 4.69) is 0 Å². The fourth-order valence-corrected chi connectivity index (χ4v) is 2.65. The van der Waals surface area contributed by atoms with Crippen LogP contribution in [0.4, 0.5) is 5.69 Å². The first-order valence-electron chi connectivity index (χ1n) is 7.27. The monoisotopic (exact) mass is 325 g/mol. The SMILES string of the molecule is COc1cc(OC)c2c(c1)N(CC(=O)c1ccccc1)C(=O)C2=O. The van der Waals surface area contributed by atoms with Crippen molar-refractivity contribution in [2.24, 2.45) is 0 Å². The number of nitrogens with zero attached hydrogens (tertiary/aromatic N) is 1. The predicted molar refractivity (Wildman–Crippen MR) is 87.0 cm³/mol. The third-order valence-corrected chi connectivity index (χ3v) is 3.87. The van der Waals surface area contributed by atoms with Crippen LogP contribution in [0.15, 0.2) is 42.5 Å². The number of ketones is 2. The molecule has 0 radical (unpaired) electrons. The van der Waals surface area contributed by atoms with E-state index in [-0.39, 0.29) is 23.6 Å². The molecule has 1 aliphatic heterocycles. The first kappa shape index (κ1) is 15.7. The van der Waals surface area contributed by atoms with Crippen LogP contribution in [0, 0.1) is 0 Å². The second kappa shape index (κ2) is 6.16. The van der Waals surface area contributed by atoms with Crippen molar-refractivity contribution in [3.05, 3.63) is 53.6 Å². The van der Waals surface area contributed by atoms with Crippen LogP contribution in [0.3, 0.4) is 0 Å². The number of Topliss-reactive ketones (excluding diaryl/α,β-unsaturated/α-hetero) is 2. The summed E-state index contributed by atoms with van der Waals surface area (Å²) in [4.78, 5) is 38.2. The van der Waals surface area contributed by atoms with E-state index < -0.39 is 11.7 Å². The molecule has 6 heteroatoms. The highest BCUT2D eigenvalue weighted by Gasteiger charge is 2.40. The maximum absolute atomic E-state index is 12.4. The zero-order valence-corrected chi connectivity index (χ0v) is 13.2. The Kier molecular flexibility index (Phi) is 4.04. The molecule has 2 aromatic carbocycles. The molecule has 1 aliphatic rings. The Morgan fingerprint density at radius 3 is 2.38 bits per heavy atom. The summed E-state index contributed by atoms with van der Waals surface area (Å²) in [5.41, 5.74) is 0.954. The van der Waals surface area contributed by atoms with Gasteiger partial charge < -0.3 is 9.47 Å². The number of rotatable bonds is 5. The van der Waals surface area contributed by atoms with Gasteiger partial charge in [0.2, 0.25) is 0 Å². The van der Waals surface area contributed by atoms with Gasteiger partial charge in [-0.2, -0.15) is 0 Å². The number of amides is 1. The molecule has 0 spiro atoms. The molecule has 6 nitrogen and oxygen atoms in total. The van der Waals surface area contributed by atoms with Gasteiger partial charge >= 0.3 is 0 Å². The highest BCUT2D eigenvalue weighted by Crippen LogP contribution is 2.39. The van der Waals surface area contributed by atoms with Crippen molar-refractivity contribution in [3.63, 3.8) is 0 Å². The quantitative estimate of drug-likeness (QED) is 0.622. The minimum absolute atomic E-state index is 0.157. The molecule has 0 unspecified atom stereocenters. The van der Waals surface area contributed by atoms with Crippen LogP contribution in [-0.4, -0.2) is 38.2 Å². The Labute approximate surface area is 138 Å². The summed E-state index contributed by atoms with van der Waals surface area (Å²) in [5.74, 6) is -1.01. The van der Waals surface area contributed by atoms with Crippen LogP contribution < -0.4 is 14.4 Å². The number of hydrogen-bond donors (Lipinski definition) is 0. The number of methoxy groups -OCH3 is 2. The number of anilines is 1. The Hall–Kier alpha value is -3.15. The number of fused-ring (bicyclic) bond motifs is 1. The Bertz CT molecular complexity index is 829. The molecule has 2 aromatic rings. The zero-order valence-electron chi connectivity index (χ0n) is 13.2. The Morgan fingerprint density at radius 2 is 1.75 bits per heavy atom. The van der Waals surface area contributed by atoms with Gasteiger partial charge in [0.15, 0.2) is 5.78 Å². The maximum atomic E-state index is 12.4. The first-order valence-corrected chi connectivity index (χ1v) is 7.27. The van der Waals surface area contributed by atoms with Crippen molar-refractivity contribution in [1.82, 2.24) is 0 Å². The molecule has 0 aliphatic carbocycles. The fourth-order valence-electron chi connectivity index (χ4n) is 2.65. The third-order valence-electron chi connectivity index (χ3n) is 3.87. The second-order valence-electron chi connectivity index (χ2n) is 5.23. The molecule has 0 N–H and O–H groups in total. The van der Waals surface area contributed by atoms with Crippen molar-refractivity contribution < 1.29 is 23.9 Å². The van der Waals surface area contributed by atoms with E-state index in [4.69, 9.17) is 9.47 Å². The topological polar surface area (TPSA) is 72.9 Å². The standard InChI is InChI=1S/C18H15NO5/c1-23-12-8-13-16(15(9-12)24-2)17(21)18(22)19(13)10-14(20)11-6-4-3-5-7-11/h3-9H,10H2,1-2H3. The van der Waals surface area contributed by atoms with Crippen molar-refractivity contribution in [2.45, 2.75) is 0 Å². The molecule has 0 fully saturated rings. The number of hydrogen-bond acceptors (Lipinski definition) is 5. The van der Waals surface area contributed by atoms with Gasteiger partial charge in [0.1, 0.15) is 11.5 Å². The molecule has 3 rings (SSSR count). The third kappa shape index (κ3) is 2.52. The van der Waals surface area contributed by atoms with Crippen molar-refractivity contribution in [2.75, 3.05) is 25.7 Å². The molecule has 1 amide bonds. The van der Waals surface area contributed by atoms with Crippen LogP contribution in [0.5, 0.6) is 11.5 Å². The summed E-state index contributed by atoms with van der Waals surface area (Å²) in [6.07, 6.45) is 0. The summed E-state index contributed by atoms with van der Waals surface area (Å²) >= 11 is 0. The van der Waals surface area contributed by atoms with Gasteiger partial charge in [-0.1, -0.05) is 30.3 Å². The van der Waals surface area contributed by atoms with Gasteiger partial charge in [-0.25, -0.2) is 0 Å². The largest absolute Gasteiger partial charge is 0.497 e. The lowest BCUT2D eigenvalue weighted by Crippen LogP contribution is -2.34. The zero-order chi connectivity index (χ0) is 17.3. The van der Waals surface area contributed by atoms with Gasteiger partial charge in [0.25, 0.3) is 11.7 Å². The minimum Gasteiger partial charge on any atom is -0.497 e. The molecule has 0 aromatic heterocycles. The van der Waals surface area contributed by atoms with Gasteiger partial charge in [0, 0.05) is 17.7 Å². The molecule has 0 saturated heterocycles. The molecule has 122 valence electrons. The van der Waals surface area contributed by atoms with Gasteiger partial charge in [-0.3, -0.25) is 19.3 Å². The normalized spacial score (nSPS) is 13.0. The van der Waals surface area contributed by atoms with E-state index >= 15 is 0 Å². The van der Waals surface area contributed by atoms with Crippen LogP contribution in [0.25, 0.3) is 0 Å². The average Bonchev–Trinajstić information content (AvgIpc) is 2.86. The van der Waals surface area contributed by atoms with E-state index in [0.717, 1.165) is 4.90 Å². The molecular weight excluding hydrogens is 310 g/mol. The lowest BCUT2D eigenvalue weighted by Gasteiger charge is -2.17. The van der Waals surface area contributed by atoms with E-state index in [1.54, 1.807) is 36.4 Å². The summed E-state index contributed by atoms with van der Waals surface area (Å²) in [6.45, 7) is -0.224. The van der Waals surface area contributed by atoms with Crippen molar-refractivity contribution in [3.8, 4) is 11.5 Å². The van der Waals surface area contributed by atoms with Crippen LogP contribution in [0.1, 0.15) is 20.7 Å². The van der Waals surface area contributed by atoms with E-state index in [9.17, 15) is 14.4 Å². The number of carbonyl (C=O) groups is 3.